The summed E-state index contributed by atoms with van der Waals surface area (Å²) in [6.45, 7) is 2.92. The van der Waals surface area contributed by atoms with Crippen LogP contribution < -0.4 is 10.1 Å². The molecule has 7 nitrogen and oxygen atoms in total. The molecule has 2 aliphatic rings. The fourth-order valence-corrected chi connectivity index (χ4v) is 3.82. The Morgan fingerprint density at radius 1 is 1.31 bits per heavy atom. The van der Waals surface area contributed by atoms with Crippen LogP contribution in [0.15, 0.2) is 18.3 Å². The summed E-state index contributed by atoms with van der Waals surface area (Å²) in [6.07, 6.45) is 6.31. The molecule has 3 heterocycles. The van der Waals surface area contributed by atoms with Crippen molar-refractivity contribution in [3.63, 3.8) is 0 Å². The van der Waals surface area contributed by atoms with Crippen molar-refractivity contribution in [3.8, 4) is 5.88 Å². The van der Waals surface area contributed by atoms with Crippen molar-refractivity contribution in [2.75, 3.05) is 12.4 Å². The topological polar surface area (TPSA) is 80.2 Å². The number of amides is 1. The van der Waals surface area contributed by atoms with Gasteiger partial charge in [0.2, 0.25) is 5.88 Å². The Bertz CT molecular complexity index is 833. The monoisotopic (exact) mass is 353 g/mol. The van der Waals surface area contributed by atoms with Gasteiger partial charge in [0, 0.05) is 24.3 Å². The van der Waals surface area contributed by atoms with Crippen molar-refractivity contribution in [1.82, 2.24) is 19.9 Å². The van der Waals surface area contributed by atoms with Gasteiger partial charge in [-0.3, -0.25) is 4.79 Å². The Morgan fingerprint density at radius 3 is 2.85 bits per heavy atom. The molecule has 1 amide bonds. The molecule has 26 heavy (non-hydrogen) atoms. The average Bonchev–Trinajstić information content (AvgIpc) is 3.27. The van der Waals surface area contributed by atoms with Gasteiger partial charge >= 0.3 is 0 Å². The van der Waals surface area contributed by atoms with Crippen LogP contribution in [0.3, 0.4) is 0 Å². The lowest BCUT2D eigenvalue weighted by Crippen LogP contribution is -2.33. The molecule has 0 spiro atoms. The zero-order valence-corrected chi connectivity index (χ0v) is 15.2. The number of ether oxygens (including phenoxy) is 1. The number of carbonyl (C=O) groups is 1. The van der Waals surface area contributed by atoms with Gasteiger partial charge in [-0.25, -0.2) is 15.0 Å². The summed E-state index contributed by atoms with van der Waals surface area (Å²) in [5, 5.41) is 3.25. The van der Waals surface area contributed by atoms with E-state index in [1.807, 2.05) is 24.0 Å². The van der Waals surface area contributed by atoms with E-state index in [2.05, 4.69) is 20.3 Å². The van der Waals surface area contributed by atoms with Gasteiger partial charge in [0.25, 0.3) is 5.91 Å². The van der Waals surface area contributed by atoms with E-state index in [4.69, 9.17) is 4.74 Å². The molecule has 0 unspecified atom stereocenters. The number of rotatable bonds is 5. The van der Waals surface area contributed by atoms with Crippen molar-refractivity contribution in [2.24, 2.45) is 0 Å². The van der Waals surface area contributed by atoms with E-state index in [1.54, 1.807) is 13.3 Å². The number of hydrogen-bond acceptors (Lipinski definition) is 6. The Kier molecular flexibility index (Phi) is 4.44. The van der Waals surface area contributed by atoms with Gasteiger partial charge in [0.05, 0.1) is 24.9 Å². The second kappa shape index (κ2) is 6.90. The van der Waals surface area contributed by atoms with Gasteiger partial charge in [0.15, 0.2) is 0 Å². The van der Waals surface area contributed by atoms with Gasteiger partial charge in [-0.15, -0.1) is 0 Å². The van der Waals surface area contributed by atoms with Crippen LogP contribution in [0.1, 0.15) is 53.1 Å². The Balaban J connectivity index is 1.56. The number of carbonyl (C=O) groups excluding carboxylic acids is 1. The van der Waals surface area contributed by atoms with Crippen LogP contribution in [0.25, 0.3) is 0 Å². The van der Waals surface area contributed by atoms with E-state index in [-0.39, 0.29) is 5.91 Å². The third kappa shape index (κ3) is 3.09. The van der Waals surface area contributed by atoms with Crippen LogP contribution in [0.5, 0.6) is 5.88 Å². The minimum absolute atomic E-state index is 0.0983. The minimum Gasteiger partial charge on any atom is -0.481 e. The number of aromatic nitrogens is 3. The van der Waals surface area contributed by atoms with Gasteiger partial charge in [-0.1, -0.05) is 12.8 Å². The molecule has 0 aromatic carbocycles. The van der Waals surface area contributed by atoms with Crippen molar-refractivity contribution >= 4 is 11.7 Å². The number of aryl methyl sites for hydroxylation is 1. The Labute approximate surface area is 152 Å². The second-order valence-electron chi connectivity index (χ2n) is 6.87. The normalized spacial score (nSPS) is 16.8. The number of anilines is 1. The molecule has 2 aromatic rings. The molecule has 7 heteroatoms. The molecule has 1 fully saturated rings. The summed E-state index contributed by atoms with van der Waals surface area (Å²) in [5.74, 6) is 2.10. The lowest BCUT2D eigenvalue weighted by atomic mass is 10.1. The van der Waals surface area contributed by atoms with Gasteiger partial charge in [0.1, 0.15) is 11.6 Å². The molecule has 2 aromatic heterocycles. The first-order chi connectivity index (χ1) is 12.7. The molecule has 0 atom stereocenters. The van der Waals surface area contributed by atoms with E-state index < -0.39 is 0 Å². The summed E-state index contributed by atoms with van der Waals surface area (Å²) >= 11 is 0. The van der Waals surface area contributed by atoms with E-state index in [9.17, 15) is 4.79 Å². The molecule has 0 bridgehead atoms. The molecule has 1 aliphatic heterocycles. The van der Waals surface area contributed by atoms with Crippen LogP contribution in [0.4, 0.5) is 5.82 Å². The highest BCUT2D eigenvalue weighted by Crippen LogP contribution is 2.33. The van der Waals surface area contributed by atoms with Gasteiger partial charge in [-0.2, -0.15) is 0 Å². The van der Waals surface area contributed by atoms with E-state index in [1.165, 1.54) is 12.8 Å². The maximum Gasteiger partial charge on any atom is 0.256 e. The van der Waals surface area contributed by atoms with Crippen LogP contribution in [0, 0.1) is 6.92 Å². The Morgan fingerprint density at radius 2 is 2.12 bits per heavy atom. The predicted molar refractivity (Wildman–Crippen MR) is 97.0 cm³/mol. The van der Waals surface area contributed by atoms with E-state index in [0.29, 0.717) is 36.4 Å². The highest BCUT2D eigenvalue weighted by Gasteiger charge is 2.35. The number of nitrogens with zero attached hydrogens (tertiary/aromatic N) is 4. The molecule has 0 saturated heterocycles. The van der Waals surface area contributed by atoms with Crippen LogP contribution in [-0.4, -0.2) is 38.9 Å². The molecule has 0 radical (unpaired) electrons. The SMILES string of the molecule is COc1nc2c(cc1CNc1ccnc(C)n1)C(=O)N(C1CCCC1)C2. The summed E-state index contributed by atoms with van der Waals surface area (Å²) in [5.41, 5.74) is 2.37. The molecule has 4 rings (SSSR count). The lowest BCUT2D eigenvalue weighted by molar-refractivity contribution is 0.0706. The molecule has 136 valence electrons. The average molecular weight is 353 g/mol. The van der Waals surface area contributed by atoms with Gasteiger partial charge < -0.3 is 15.0 Å². The molecule has 1 aliphatic carbocycles. The van der Waals surface area contributed by atoms with Gasteiger partial charge in [-0.05, 0) is 31.9 Å². The number of hydrogen-bond donors (Lipinski definition) is 1. The van der Waals surface area contributed by atoms with Crippen molar-refractivity contribution < 1.29 is 9.53 Å². The zero-order chi connectivity index (χ0) is 18.1. The number of pyridine rings is 1. The maximum absolute atomic E-state index is 12.9. The second-order valence-corrected chi connectivity index (χ2v) is 6.87. The fourth-order valence-electron chi connectivity index (χ4n) is 3.82. The molecular formula is C19H23N5O2. The third-order valence-corrected chi connectivity index (χ3v) is 5.15. The summed E-state index contributed by atoms with van der Waals surface area (Å²) < 4.78 is 5.47. The molecule has 1 saturated carbocycles. The first-order valence-corrected chi connectivity index (χ1v) is 9.07. The maximum atomic E-state index is 12.9. The number of methoxy groups -OCH3 is 1. The lowest BCUT2D eigenvalue weighted by Gasteiger charge is -2.22. The quantitative estimate of drug-likeness (QED) is 0.890. The molecular weight excluding hydrogens is 330 g/mol. The van der Waals surface area contributed by atoms with Crippen LogP contribution in [-0.2, 0) is 13.1 Å². The zero-order valence-electron chi connectivity index (χ0n) is 15.2. The standard InChI is InChI=1S/C19H23N5O2/c1-12-20-8-7-17(22-12)21-10-13-9-15-16(23-18(13)26-2)11-24(19(15)25)14-5-3-4-6-14/h7-9,14H,3-6,10-11H2,1-2H3,(H,20,21,22). The third-order valence-electron chi connectivity index (χ3n) is 5.15. The molecule has 1 N–H and O–H groups in total. The largest absolute Gasteiger partial charge is 0.481 e. The fraction of sp³-hybridized carbons (Fsp3) is 0.474. The minimum atomic E-state index is 0.0983. The summed E-state index contributed by atoms with van der Waals surface area (Å²) in [6, 6.07) is 4.08. The highest BCUT2D eigenvalue weighted by molar-refractivity contribution is 5.98. The van der Waals surface area contributed by atoms with E-state index in [0.717, 1.165) is 29.9 Å². The first kappa shape index (κ1) is 16.8. The summed E-state index contributed by atoms with van der Waals surface area (Å²) in [4.78, 5) is 27.9. The number of nitrogens with one attached hydrogen (secondary N) is 1. The Hall–Kier alpha value is -2.70. The van der Waals surface area contributed by atoms with Crippen LogP contribution >= 0.6 is 0 Å². The van der Waals surface area contributed by atoms with Crippen LogP contribution in [0.2, 0.25) is 0 Å². The predicted octanol–water partition coefficient (Wildman–Crippen LogP) is 2.70. The number of fused-ring (bicyclic) bond motifs is 1. The van der Waals surface area contributed by atoms with E-state index >= 15 is 0 Å². The van der Waals surface area contributed by atoms with Crippen molar-refractivity contribution in [1.29, 1.82) is 0 Å². The summed E-state index contributed by atoms with van der Waals surface area (Å²) in [7, 11) is 1.61. The smallest absolute Gasteiger partial charge is 0.256 e. The van der Waals surface area contributed by atoms with Crippen molar-refractivity contribution in [2.45, 2.75) is 51.7 Å². The van der Waals surface area contributed by atoms with Crippen molar-refractivity contribution in [3.05, 3.63) is 41.0 Å². The highest BCUT2D eigenvalue weighted by atomic mass is 16.5. The first-order valence-electron chi connectivity index (χ1n) is 9.07.